The summed E-state index contributed by atoms with van der Waals surface area (Å²) in [4.78, 5) is 32.1. The van der Waals surface area contributed by atoms with Crippen LogP contribution in [-0.2, 0) is 14.4 Å². The second-order valence-corrected chi connectivity index (χ2v) is 12.6. The van der Waals surface area contributed by atoms with Crippen LogP contribution in [0.4, 0.5) is 14.5 Å². The smallest absolute Gasteiger partial charge is 0.193 e. The molecule has 9 heteroatoms. The average Bonchev–Trinajstić information content (AvgIpc) is 3.37. The van der Waals surface area contributed by atoms with E-state index in [9.17, 15) is 19.8 Å². The lowest BCUT2D eigenvalue weighted by Crippen LogP contribution is -2.70. The van der Waals surface area contributed by atoms with E-state index in [-0.39, 0.29) is 18.4 Å². The van der Waals surface area contributed by atoms with E-state index in [0.29, 0.717) is 23.7 Å². The molecule has 0 aromatic heterocycles. The number of hydroxylamine groups is 1. The number of rotatable bonds is 3. The maximum atomic E-state index is 17.4. The van der Waals surface area contributed by atoms with Crippen LogP contribution < -0.4 is 5.06 Å². The number of anilines is 1. The molecule has 1 heterocycles. The number of hydrogen-bond acceptors (Lipinski definition) is 6. The lowest BCUT2D eigenvalue weighted by atomic mass is 9.44. The number of Topliss-reactive ketones (excluding diaryl/α,β-unsaturated/α-hetero) is 1. The summed E-state index contributed by atoms with van der Waals surface area (Å²) >= 11 is 6.20. The van der Waals surface area contributed by atoms with Gasteiger partial charge in [0.25, 0.3) is 0 Å². The highest BCUT2D eigenvalue weighted by Gasteiger charge is 2.79. The number of carbonyl (C=O) groups is 2. The molecule has 1 aromatic rings. The van der Waals surface area contributed by atoms with Crippen molar-refractivity contribution in [2.75, 3.05) is 18.2 Å². The van der Waals surface area contributed by atoms with Crippen LogP contribution in [0.3, 0.4) is 0 Å². The molecule has 6 rings (SSSR count). The number of carbonyl (C=O) groups excluding carboxylic acids is 2. The van der Waals surface area contributed by atoms with Crippen molar-refractivity contribution in [3.63, 3.8) is 0 Å². The van der Waals surface area contributed by atoms with E-state index in [4.69, 9.17) is 16.4 Å². The van der Waals surface area contributed by atoms with E-state index < -0.39 is 70.3 Å². The van der Waals surface area contributed by atoms with Crippen molar-refractivity contribution in [3.8, 4) is 0 Å². The first-order valence-corrected chi connectivity index (χ1v) is 13.5. The summed E-state index contributed by atoms with van der Waals surface area (Å²) in [6, 6.07) is 5.38. The fraction of sp³-hybridized carbons (Fsp3) is 0.586. The van der Waals surface area contributed by atoms with E-state index in [1.165, 1.54) is 12.2 Å². The zero-order valence-corrected chi connectivity index (χ0v) is 22.3. The third-order valence-electron chi connectivity index (χ3n) is 10.6. The Morgan fingerprint density at radius 1 is 1.26 bits per heavy atom. The first kappa shape index (κ1) is 26.1. The fourth-order valence-electron chi connectivity index (χ4n) is 8.80. The Hall–Kier alpha value is -2.13. The van der Waals surface area contributed by atoms with Crippen LogP contribution in [0.5, 0.6) is 0 Å². The van der Waals surface area contributed by atoms with Crippen LogP contribution in [-0.4, -0.2) is 58.5 Å². The molecule has 3 saturated carbocycles. The van der Waals surface area contributed by atoms with E-state index in [0.717, 1.165) is 11.6 Å². The summed E-state index contributed by atoms with van der Waals surface area (Å²) in [5.74, 6) is -2.75. The van der Waals surface area contributed by atoms with Gasteiger partial charge in [-0.2, -0.15) is 0 Å². The molecule has 6 nitrogen and oxygen atoms in total. The zero-order valence-electron chi connectivity index (χ0n) is 21.6. The monoisotopic (exact) mass is 547 g/mol. The number of aliphatic hydroxyl groups is 2. The van der Waals surface area contributed by atoms with Gasteiger partial charge in [0.2, 0.25) is 0 Å². The van der Waals surface area contributed by atoms with Crippen molar-refractivity contribution < 1.29 is 33.4 Å². The number of allylic oxidation sites excluding steroid dienone is 4. The van der Waals surface area contributed by atoms with Gasteiger partial charge in [-0.1, -0.05) is 24.6 Å². The van der Waals surface area contributed by atoms with Crippen molar-refractivity contribution >= 4 is 28.9 Å². The molecule has 0 amide bonds. The van der Waals surface area contributed by atoms with Crippen molar-refractivity contribution in [2.45, 2.75) is 63.6 Å². The van der Waals surface area contributed by atoms with Gasteiger partial charge in [-0.25, -0.2) is 8.78 Å². The minimum Gasteiger partial charge on any atom is -0.390 e. The zero-order chi connectivity index (χ0) is 27.4. The summed E-state index contributed by atoms with van der Waals surface area (Å²) in [5.41, 5.74) is -4.72. The molecule has 9 atom stereocenters. The summed E-state index contributed by atoms with van der Waals surface area (Å²) in [6.45, 7) is 4.77. The standard InChI is InChI=1S/C29H32ClF2NO5/c1-15-8-17(4-5-22(15)30)33-13-16-9-19-20-11-23(31)21-10-18(35)6-7-26(21,2)28(20,32)24(36)12-27(19,3)29(16,38-33)25(37)14-34/h4-8,10,16,19-20,23-24,34,36H,9,11-14H2,1-3H3/t16-,19-,20-,23-,24-,26-,27-,28-,29-/m0/s1. The Bertz CT molecular complexity index is 1300. The molecule has 4 aliphatic carbocycles. The predicted molar refractivity (Wildman–Crippen MR) is 137 cm³/mol. The summed E-state index contributed by atoms with van der Waals surface area (Å²) in [6.07, 6.45) is 0.767. The predicted octanol–water partition coefficient (Wildman–Crippen LogP) is 4.25. The normalized spacial score (nSPS) is 45.3. The summed E-state index contributed by atoms with van der Waals surface area (Å²) in [5, 5.41) is 23.9. The van der Waals surface area contributed by atoms with Gasteiger partial charge in [0.05, 0.1) is 18.3 Å². The largest absolute Gasteiger partial charge is 0.390 e. The third kappa shape index (κ3) is 2.98. The summed E-state index contributed by atoms with van der Waals surface area (Å²) in [7, 11) is 0. The Labute approximate surface area is 225 Å². The second kappa shape index (κ2) is 8.19. The Kier molecular flexibility index (Phi) is 5.63. The van der Waals surface area contributed by atoms with Gasteiger partial charge in [0.1, 0.15) is 12.8 Å². The molecule has 1 aliphatic heterocycles. The Morgan fingerprint density at radius 2 is 2.00 bits per heavy atom. The number of fused-ring (bicyclic) bond motifs is 7. The topological polar surface area (TPSA) is 87.1 Å². The summed E-state index contributed by atoms with van der Waals surface area (Å²) < 4.78 is 33.1. The van der Waals surface area contributed by atoms with Crippen LogP contribution in [0.15, 0.2) is 42.0 Å². The molecular weight excluding hydrogens is 516 g/mol. The number of nitrogens with zero attached hydrogens (tertiary/aromatic N) is 1. The molecule has 2 N–H and O–H groups in total. The molecule has 38 heavy (non-hydrogen) atoms. The van der Waals surface area contributed by atoms with Gasteiger partial charge < -0.3 is 10.2 Å². The molecule has 0 spiro atoms. The first-order valence-electron chi connectivity index (χ1n) is 13.2. The maximum absolute atomic E-state index is 17.4. The lowest BCUT2D eigenvalue weighted by molar-refractivity contribution is -0.228. The highest BCUT2D eigenvalue weighted by Crippen LogP contribution is 2.72. The molecule has 0 unspecified atom stereocenters. The van der Waals surface area contributed by atoms with Crippen molar-refractivity contribution in [1.82, 2.24) is 0 Å². The van der Waals surface area contributed by atoms with Crippen molar-refractivity contribution in [1.29, 1.82) is 0 Å². The van der Waals surface area contributed by atoms with Gasteiger partial charge >= 0.3 is 0 Å². The Balaban J connectivity index is 1.44. The van der Waals surface area contributed by atoms with E-state index in [1.807, 2.05) is 19.9 Å². The quantitative estimate of drug-likeness (QED) is 0.588. The number of aliphatic hydroxyl groups excluding tert-OH is 2. The van der Waals surface area contributed by atoms with Gasteiger partial charge in [-0.3, -0.25) is 19.5 Å². The maximum Gasteiger partial charge on any atom is 0.193 e. The van der Waals surface area contributed by atoms with Gasteiger partial charge in [0.15, 0.2) is 22.8 Å². The number of hydrogen-bond donors (Lipinski definition) is 2. The molecular formula is C29H32ClF2NO5. The third-order valence-corrected chi connectivity index (χ3v) is 11.0. The van der Waals surface area contributed by atoms with Gasteiger partial charge in [-0.15, -0.1) is 0 Å². The molecule has 1 saturated heterocycles. The number of alkyl halides is 2. The van der Waals surface area contributed by atoms with Crippen molar-refractivity contribution in [2.24, 2.45) is 28.6 Å². The average molecular weight is 548 g/mol. The number of halogens is 3. The highest BCUT2D eigenvalue weighted by molar-refractivity contribution is 6.31. The molecule has 1 aromatic carbocycles. The van der Waals surface area contributed by atoms with E-state index in [2.05, 4.69) is 0 Å². The molecule has 5 aliphatic rings. The fourth-order valence-corrected chi connectivity index (χ4v) is 8.92. The minimum absolute atomic E-state index is 0.0614. The van der Waals surface area contributed by atoms with Crippen LogP contribution in [0, 0.1) is 35.5 Å². The van der Waals surface area contributed by atoms with Gasteiger partial charge in [0, 0.05) is 27.7 Å². The molecule has 0 radical (unpaired) electrons. The Morgan fingerprint density at radius 3 is 2.68 bits per heavy atom. The first-order chi connectivity index (χ1) is 17.8. The van der Waals surface area contributed by atoms with E-state index >= 15 is 8.78 Å². The second-order valence-electron chi connectivity index (χ2n) is 12.2. The van der Waals surface area contributed by atoms with Gasteiger partial charge in [-0.05, 0) is 80.5 Å². The SMILES string of the molecule is Cc1cc(N2C[C@@H]3C[C@H]4[C@@H]5C[C@H](F)C6=CC(=O)C=C[C@]6(C)[C@@]5(F)[C@@H](O)C[C@]4(C)[C@]3(C(=O)CO)O2)ccc1Cl. The number of benzene rings is 1. The van der Waals surface area contributed by atoms with Crippen LogP contribution >= 0.6 is 11.6 Å². The van der Waals surface area contributed by atoms with Crippen LogP contribution in [0.25, 0.3) is 0 Å². The molecule has 204 valence electrons. The molecule has 0 bridgehead atoms. The number of aryl methyl sites for hydroxylation is 1. The van der Waals surface area contributed by atoms with Crippen LogP contribution in [0.1, 0.15) is 38.7 Å². The number of ketones is 2. The lowest BCUT2D eigenvalue weighted by Gasteiger charge is -2.63. The molecule has 4 fully saturated rings. The van der Waals surface area contributed by atoms with Crippen molar-refractivity contribution in [3.05, 3.63) is 52.6 Å². The van der Waals surface area contributed by atoms with E-state index in [1.54, 1.807) is 24.1 Å². The minimum atomic E-state index is -2.24. The highest BCUT2D eigenvalue weighted by atomic mass is 35.5. The van der Waals surface area contributed by atoms with Crippen LogP contribution in [0.2, 0.25) is 5.02 Å².